The van der Waals surface area contributed by atoms with Crippen molar-refractivity contribution in [3.05, 3.63) is 42.1 Å². The van der Waals surface area contributed by atoms with Gasteiger partial charge in [-0.05, 0) is 6.92 Å². The summed E-state index contributed by atoms with van der Waals surface area (Å²) in [5, 5.41) is 3.89. The summed E-state index contributed by atoms with van der Waals surface area (Å²) in [5.41, 5.74) is 7.48. The largest absolute Gasteiger partial charge is 0.356 e. The van der Waals surface area contributed by atoms with Gasteiger partial charge in [0.1, 0.15) is 5.69 Å². The summed E-state index contributed by atoms with van der Waals surface area (Å²) in [6.45, 7) is 1.88. The van der Waals surface area contributed by atoms with Crippen LogP contribution in [-0.2, 0) is 0 Å². The van der Waals surface area contributed by atoms with Crippen LogP contribution in [0.25, 0.3) is 11.3 Å². The third-order valence-corrected chi connectivity index (χ3v) is 2.05. The molecule has 14 heavy (non-hydrogen) atoms. The van der Waals surface area contributed by atoms with Crippen LogP contribution < -0.4 is 5.73 Å². The minimum absolute atomic E-state index is 0.0868. The lowest BCUT2D eigenvalue weighted by Gasteiger charge is -1.94. The Morgan fingerprint density at radius 1 is 1.29 bits per heavy atom. The van der Waals surface area contributed by atoms with E-state index in [2.05, 4.69) is 5.16 Å². The van der Waals surface area contributed by atoms with Crippen LogP contribution in [0.5, 0.6) is 0 Å². The third kappa shape index (κ3) is 1.67. The van der Waals surface area contributed by atoms with Gasteiger partial charge in [-0.1, -0.05) is 35.5 Å². The maximum absolute atomic E-state index is 5.68. The van der Waals surface area contributed by atoms with Gasteiger partial charge >= 0.3 is 0 Å². The molecule has 1 atom stereocenters. The molecular formula is C11H12N2O. The Labute approximate surface area is 82.5 Å². The Hall–Kier alpha value is -1.61. The van der Waals surface area contributed by atoms with Gasteiger partial charge in [0.2, 0.25) is 0 Å². The molecule has 0 aliphatic rings. The molecule has 1 aromatic heterocycles. The summed E-state index contributed by atoms with van der Waals surface area (Å²) in [5.74, 6) is 0.762. The Balaban J connectivity index is 2.34. The van der Waals surface area contributed by atoms with Crippen LogP contribution in [0.1, 0.15) is 18.7 Å². The van der Waals surface area contributed by atoms with E-state index in [9.17, 15) is 0 Å². The van der Waals surface area contributed by atoms with Crippen molar-refractivity contribution >= 4 is 0 Å². The van der Waals surface area contributed by atoms with Gasteiger partial charge in [0.05, 0.1) is 0 Å². The fourth-order valence-electron chi connectivity index (χ4n) is 1.24. The second-order valence-electron chi connectivity index (χ2n) is 3.27. The van der Waals surface area contributed by atoms with Gasteiger partial charge in [0, 0.05) is 17.7 Å². The zero-order valence-corrected chi connectivity index (χ0v) is 7.97. The van der Waals surface area contributed by atoms with Crippen molar-refractivity contribution in [1.82, 2.24) is 5.16 Å². The molecule has 0 saturated heterocycles. The molecule has 0 fully saturated rings. The van der Waals surface area contributed by atoms with E-state index in [1.165, 1.54) is 0 Å². The van der Waals surface area contributed by atoms with Gasteiger partial charge in [-0.25, -0.2) is 0 Å². The summed E-state index contributed by atoms with van der Waals surface area (Å²) in [7, 11) is 0. The highest BCUT2D eigenvalue weighted by molar-refractivity contribution is 5.56. The molecular weight excluding hydrogens is 176 g/mol. The van der Waals surface area contributed by atoms with Crippen molar-refractivity contribution < 1.29 is 4.52 Å². The summed E-state index contributed by atoms with van der Waals surface area (Å²) < 4.78 is 5.18. The van der Waals surface area contributed by atoms with Crippen molar-refractivity contribution in [3.8, 4) is 11.3 Å². The van der Waals surface area contributed by atoms with E-state index in [0.717, 1.165) is 17.0 Å². The summed E-state index contributed by atoms with van der Waals surface area (Å²) in [6.07, 6.45) is 0. The minimum Gasteiger partial charge on any atom is -0.356 e. The Bertz CT molecular complexity index is 406. The number of aromatic nitrogens is 1. The van der Waals surface area contributed by atoms with Crippen molar-refractivity contribution in [2.45, 2.75) is 13.0 Å². The maximum Gasteiger partial charge on any atom is 0.167 e. The van der Waals surface area contributed by atoms with Crippen LogP contribution in [-0.4, -0.2) is 5.16 Å². The average Bonchev–Trinajstić information content (AvgIpc) is 2.68. The van der Waals surface area contributed by atoms with E-state index < -0.39 is 0 Å². The molecule has 1 aromatic carbocycles. The summed E-state index contributed by atoms with van der Waals surface area (Å²) in [4.78, 5) is 0. The molecule has 3 heteroatoms. The predicted molar refractivity (Wildman–Crippen MR) is 54.5 cm³/mol. The van der Waals surface area contributed by atoms with Gasteiger partial charge in [-0.3, -0.25) is 0 Å². The van der Waals surface area contributed by atoms with E-state index in [4.69, 9.17) is 10.3 Å². The first-order chi connectivity index (χ1) is 6.77. The van der Waals surface area contributed by atoms with Gasteiger partial charge in [0.25, 0.3) is 0 Å². The van der Waals surface area contributed by atoms with E-state index >= 15 is 0 Å². The summed E-state index contributed by atoms with van der Waals surface area (Å²) in [6, 6.07) is 11.6. The number of rotatable bonds is 2. The van der Waals surface area contributed by atoms with Crippen LogP contribution in [0.2, 0.25) is 0 Å². The topological polar surface area (TPSA) is 52.0 Å². The summed E-state index contributed by atoms with van der Waals surface area (Å²) >= 11 is 0. The number of hydrogen-bond acceptors (Lipinski definition) is 3. The Morgan fingerprint density at radius 2 is 2.00 bits per heavy atom. The highest BCUT2D eigenvalue weighted by Gasteiger charge is 2.08. The lowest BCUT2D eigenvalue weighted by atomic mass is 10.1. The number of benzene rings is 1. The van der Waals surface area contributed by atoms with Crippen LogP contribution in [0.4, 0.5) is 0 Å². The highest BCUT2D eigenvalue weighted by Crippen LogP contribution is 2.21. The Morgan fingerprint density at radius 3 is 2.57 bits per heavy atom. The molecule has 0 aliphatic heterocycles. The molecule has 0 bridgehead atoms. The maximum atomic E-state index is 5.68. The fraction of sp³-hybridized carbons (Fsp3) is 0.182. The lowest BCUT2D eigenvalue weighted by Crippen LogP contribution is -2.04. The number of nitrogens with two attached hydrogens (primary N) is 1. The molecule has 0 spiro atoms. The van der Waals surface area contributed by atoms with E-state index in [0.29, 0.717) is 0 Å². The normalized spacial score (nSPS) is 12.7. The van der Waals surface area contributed by atoms with Crippen molar-refractivity contribution in [2.24, 2.45) is 5.73 Å². The lowest BCUT2D eigenvalue weighted by molar-refractivity contribution is 0.419. The molecule has 2 N–H and O–H groups in total. The molecule has 3 nitrogen and oxygen atoms in total. The van der Waals surface area contributed by atoms with Crippen LogP contribution >= 0.6 is 0 Å². The second kappa shape index (κ2) is 3.64. The fourth-order valence-corrected chi connectivity index (χ4v) is 1.24. The molecule has 2 aromatic rings. The van der Waals surface area contributed by atoms with Crippen molar-refractivity contribution in [1.29, 1.82) is 0 Å². The molecule has 72 valence electrons. The molecule has 1 heterocycles. The molecule has 0 radical (unpaired) electrons. The van der Waals surface area contributed by atoms with E-state index in [1.807, 2.05) is 43.3 Å². The van der Waals surface area contributed by atoms with Crippen LogP contribution in [0.3, 0.4) is 0 Å². The molecule has 2 rings (SSSR count). The van der Waals surface area contributed by atoms with Crippen LogP contribution in [0.15, 0.2) is 40.9 Å². The first-order valence-electron chi connectivity index (χ1n) is 4.55. The van der Waals surface area contributed by atoms with E-state index in [-0.39, 0.29) is 6.04 Å². The first-order valence-corrected chi connectivity index (χ1v) is 4.55. The standard InChI is InChI=1S/C11H12N2O/c1-8(12)10-7-11(14-13-10)9-5-3-2-4-6-9/h2-8H,12H2,1H3. The molecule has 1 unspecified atom stereocenters. The predicted octanol–water partition coefficient (Wildman–Crippen LogP) is 2.36. The van der Waals surface area contributed by atoms with Gasteiger partial charge in [-0.2, -0.15) is 0 Å². The van der Waals surface area contributed by atoms with Gasteiger partial charge < -0.3 is 10.3 Å². The number of nitrogens with zero attached hydrogens (tertiary/aromatic N) is 1. The zero-order valence-electron chi connectivity index (χ0n) is 7.97. The monoisotopic (exact) mass is 188 g/mol. The average molecular weight is 188 g/mol. The first kappa shape index (κ1) is 8.97. The van der Waals surface area contributed by atoms with E-state index in [1.54, 1.807) is 0 Å². The van der Waals surface area contributed by atoms with Crippen molar-refractivity contribution in [2.75, 3.05) is 0 Å². The Kier molecular flexibility index (Phi) is 2.33. The molecule has 0 saturated carbocycles. The zero-order chi connectivity index (χ0) is 9.97. The third-order valence-electron chi connectivity index (χ3n) is 2.05. The minimum atomic E-state index is -0.0868. The van der Waals surface area contributed by atoms with Gasteiger partial charge in [0.15, 0.2) is 5.76 Å². The molecule has 0 amide bonds. The quantitative estimate of drug-likeness (QED) is 0.787. The SMILES string of the molecule is CC(N)c1cc(-c2ccccc2)on1. The van der Waals surface area contributed by atoms with Crippen LogP contribution in [0, 0.1) is 0 Å². The highest BCUT2D eigenvalue weighted by atomic mass is 16.5. The smallest absolute Gasteiger partial charge is 0.167 e. The molecule has 0 aliphatic carbocycles. The van der Waals surface area contributed by atoms with Crippen molar-refractivity contribution in [3.63, 3.8) is 0 Å². The second-order valence-corrected chi connectivity index (χ2v) is 3.27. The number of hydrogen-bond donors (Lipinski definition) is 1. The van der Waals surface area contributed by atoms with Gasteiger partial charge in [-0.15, -0.1) is 0 Å².